The lowest BCUT2D eigenvalue weighted by molar-refractivity contribution is -0.137. The maximum atomic E-state index is 13.2. The molecule has 0 amide bonds. The van der Waals surface area contributed by atoms with Gasteiger partial charge in [0.2, 0.25) is 10.0 Å². The normalized spacial score (nSPS) is 16.8. The molecule has 1 saturated heterocycles. The van der Waals surface area contributed by atoms with Crippen LogP contribution in [-0.4, -0.2) is 43.9 Å². The molecule has 2 heterocycles. The van der Waals surface area contributed by atoms with E-state index in [1.807, 2.05) is 20.8 Å². The van der Waals surface area contributed by atoms with Crippen LogP contribution in [0.2, 0.25) is 0 Å². The molecule has 0 atom stereocenters. The van der Waals surface area contributed by atoms with E-state index in [0.717, 1.165) is 11.6 Å². The molecule has 0 spiro atoms. The zero-order valence-electron chi connectivity index (χ0n) is 16.6. The number of nitrogens with zero attached hydrogens (tertiary/aromatic N) is 3. The van der Waals surface area contributed by atoms with Crippen molar-refractivity contribution in [3.05, 3.63) is 53.7 Å². The van der Waals surface area contributed by atoms with Gasteiger partial charge < -0.3 is 4.90 Å². The Kier molecular flexibility index (Phi) is 5.66. The van der Waals surface area contributed by atoms with Crippen molar-refractivity contribution >= 4 is 15.8 Å². The maximum Gasteiger partial charge on any atom is 0.419 e. The van der Waals surface area contributed by atoms with Gasteiger partial charge in [-0.05, 0) is 35.2 Å². The van der Waals surface area contributed by atoms with Crippen LogP contribution in [0.25, 0.3) is 0 Å². The lowest BCUT2D eigenvalue weighted by Gasteiger charge is -2.35. The van der Waals surface area contributed by atoms with E-state index in [1.54, 1.807) is 24.3 Å². The average Bonchev–Trinajstić information content (AvgIpc) is 2.67. The Morgan fingerprint density at radius 1 is 0.931 bits per heavy atom. The van der Waals surface area contributed by atoms with Gasteiger partial charge in [-0.3, -0.25) is 0 Å². The van der Waals surface area contributed by atoms with Crippen LogP contribution in [0, 0.1) is 0 Å². The highest BCUT2D eigenvalue weighted by Gasteiger charge is 2.37. The van der Waals surface area contributed by atoms with Crippen LogP contribution in [0.3, 0.4) is 0 Å². The van der Waals surface area contributed by atoms with Gasteiger partial charge in [0.05, 0.1) is 10.5 Å². The number of anilines is 1. The van der Waals surface area contributed by atoms with Gasteiger partial charge in [-0.2, -0.15) is 17.5 Å². The van der Waals surface area contributed by atoms with Crippen LogP contribution in [0.5, 0.6) is 0 Å². The SMILES string of the molecule is CC(C)(C)c1ccc(S(=O)(=O)N2CCN(c3ncccc3C(F)(F)F)CC2)cc1. The molecule has 0 N–H and O–H groups in total. The Bertz CT molecular complexity index is 960. The molecule has 0 aliphatic carbocycles. The van der Waals surface area contributed by atoms with E-state index in [-0.39, 0.29) is 42.3 Å². The molecule has 9 heteroatoms. The molecule has 2 aromatic rings. The van der Waals surface area contributed by atoms with Gasteiger partial charge in [-0.15, -0.1) is 0 Å². The summed E-state index contributed by atoms with van der Waals surface area (Å²) in [5.74, 6) is -0.161. The highest BCUT2D eigenvalue weighted by Crippen LogP contribution is 2.35. The number of benzene rings is 1. The first kappa shape index (κ1) is 21.6. The van der Waals surface area contributed by atoms with Crippen molar-refractivity contribution in [3.63, 3.8) is 0 Å². The molecule has 1 aromatic heterocycles. The highest BCUT2D eigenvalue weighted by atomic mass is 32.2. The summed E-state index contributed by atoms with van der Waals surface area (Å²) in [7, 11) is -3.70. The van der Waals surface area contributed by atoms with Crippen LogP contribution < -0.4 is 4.90 Å². The fourth-order valence-electron chi connectivity index (χ4n) is 3.29. The minimum Gasteiger partial charge on any atom is -0.353 e. The van der Waals surface area contributed by atoms with Crippen LogP contribution in [0.1, 0.15) is 31.9 Å². The monoisotopic (exact) mass is 427 g/mol. The Hall–Kier alpha value is -2.13. The van der Waals surface area contributed by atoms with Gasteiger partial charge in [-0.1, -0.05) is 32.9 Å². The summed E-state index contributed by atoms with van der Waals surface area (Å²) < 4.78 is 66.9. The van der Waals surface area contributed by atoms with E-state index in [1.165, 1.54) is 21.5 Å². The van der Waals surface area contributed by atoms with Crippen LogP contribution >= 0.6 is 0 Å². The smallest absolute Gasteiger partial charge is 0.353 e. The standard InChI is InChI=1S/C20H24F3N3O2S/c1-19(2,3)15-6-8-16(9-7-15)29(27,28)26-13-11-25(12-14-26)18-17(20(21,22)23)5-4-10-24-18/h4-10H,11-14H2,1-3H3. The van der Waals surface area contributed by atoms with Gasteiger partial charge >= 0.3 is 6.18 Å². The number of halogens is 3. The zero-order chi connectivity index (χ0) is 21.4. The molecular formula is C20H24F3N3O2S. The number of hydrogen-bond donors (Lipinski definition) is 0. The van der Waals surface area contributed by atoms with Crippen LogP contribution in [-0.2, 0) is 21.6 Å². The first-order chi connectivity index (χ1) is 13.4. The summed E-state index contributed by atoms with van der Waals surface area (Å²) >= 11 is 0. The number of aromatic nitrogens is 1. The van der Waals surface area contributed by atoms with Crippen molar-refractivity contribution in [1.29, 1.82) is 0 Å². The summed E-state index contributed by atoms with van der Waals surface area (Å²) in [4.78, 5) is 5.56. The zero-order valence-corrected chi connectivity index (χ0v) is 17.4. The van der Waals surface area contributed by atoms with E-state index < -0.39 is 21.8 Å². The molecule has 0 radical (unpaired) electrons. The molecule has 158 valence electrons. The largest absolute Gasteiger partial charge is 0.419 e. The third kappa shape index (κ3) is 4.56. The molecule has 0 unspecified atom stereocenters. The molecule has 0 bridgehead atoms. The number of alkyl halides is 3. The first-order valence-corrected chi connectivity index (χ1v) is 10.7. The second kappa shape index (κ2) is 7.60. The number of piperazine rings is 1. The van der Waals surface area contributed by atoms with Gasteiger partial charge in [0.25, 0.3) is 0 Å². The number of sulfonamides is 1. The van der Waals surface area contributed by atoms with Gasteiger partial charge in [0, 0.05) is 32.4 Å². The van der Waals surface area contributed by atoms with Crippen molar-refractivity contribution in [2.45, 2.75) is 37.3 Å². The Balaban J connectivity index is 1.76. The number of hydrogen-bond acceptors (Lipinski definition) is 4. The summed E-state index contributed by atoms with van der Waals surface area (Å²) in [6.45, 7) is 6.60. The third-order valence-corrected chi connectivity index (χ3v) is 6.90. The molecular weight excluding hydrogens is 403 g/mol. The van der Waals surface area contributed by atoms with E-state index in [4.69, 9.17) is 0 Å². The summed E-state index contributed by atoms with van der Waals surface area (Å²) in [6.07, 6.45) is -3.20. The summed E-state index contributed by atoms with van der Waals surface area (Å²) in [6, 6.07) is 9.00. The molecule has 3 rings (SSSR count). The minimum absolute atomic E-state index is 0.0905. The van der Waals surface area contributed by atoms with E-state index in [9.17, 15) is 21.6 Å². The molecule has 0 saturated carbocycles. The average molecular weight is 427 g/mol. The second-order valence-corrected chi connectivity index (χ2v) is 9.98. The first-order valence-electron chi connectivity index (χ1n) is 9.28. The fourth-order valence-corrected chi connectivity index (χ4v) is 4.71. The topological polar surface area (TPSA) is 53.5 Å². The van der Waals surface area contributed by atoms with E-state index in [2.05, 4.69) is 4.98 Å². The summed E-state index contributed by atoms with van der Waals surface area (Å²) in [5, 5.41) is 0. The molecule has 29 heavy (non-hydrogen) atoms. The van der Waals surface area contributed by atoms with E-state index in [0.29, 0.717) is 0 Å². The number of pyridine rings is 1. The third-order valence-electron chi connectivity index (χ3n) is 4.99. The number of rotatable bonds is 3. The van der Waals surface area contributed by atoms with Crippen molar-refractivity contribution < 1.29 is 21.6 Å². The predicted octanol–water partition coefficient (Wildman–Crippen LogP) is 3.91. The summed E-state index contributed by atoms with van der Waals surface area (Å²) in [5.41, 5.74) is 0.123. The van der Waals surface area contributed by atoms with Gasteiger partial charge in [0.15, 0.2) is 0 Å². The lowest BCUT2D eigenvalue weighted by atomic mass is 9.87. The van der Waals surface area contributed by atoms with Gasteiger partial charge in [0.1, 0.15) is 5.82 Å². The molecule has 1 aliphatic heterocycles. The van der Waals surface area contributed by atoms with Crippen molar-refractivity contribution in [1.82, 2.24) is 9.29 Å². The molecule has 5 nitrogen and oxygen atoms in total. The van der Waals surface area contributed by atoms with Gasteiger partial charge in [-0.25, -0.2) is 13.4 Å². The Morgan fingerprint density at radius 3 is 2.03 bits per heavy atom. The van der Waals surface area contributed by atoms with Crippen LogP contribution in [0.15, 0.2) is 47.5 Å². The second-order valence-electron chi connectivity index (χ2n) is 8.04. The highest BCUT2D eigenvalue weighted by molar-refractivity contribution is 7.89. The molecule has 1 aromatic carbocycles. The van der Waals surface area contributed by atoms with Crippen LogP contribution in [0.4, 0.5) is 19.0 Å². The van der Waals surface area contributed by atoms with Crippen molar-refractivity contribution in [2.75, 3.05) is 31.1 Å². The fraction of sp³-hybridized carbons (Fsp3) is 0.450. The Morgan fingerprint density at radius 2 is 1.52 bits per heavy atom. The predicted molar refractivity (Wildman–Crippen MR) is 105 cm³/mol. The molecule has 1 aliphatic rings. The minimum atomic E-state index is -4.51. The van der Waals surface area contributed by atoms with Crippen molar-refractivity contribution in [3.8, 4) is 0 Å². The quantitative estimate of drug-likeness (QED) is 0.745. The lowest BCUT2D eigenvalue weighted by Crippen LogP contribution is -2.49. The maximum absolute atomic E-state index is 13.2. The Labute approximate surface area is 169 Å². The van der Waals surface area contributed by atoms with Crippen molar-refractivity contribution in [2.24, 2.45) is 0 Å². The molecule has 1 fully saturated rings. The van der Waals surface area contributed by atoms with E-state index >= 15 is 0 Å².